The van der Waals surface area contributed by atoms with Crippen molar-refractivity contribution in [2.24, 2.45) is 0 Å². The fraction of sp³-hybridized carbons (Fsp3) is 0.190. The van der Waals surface area contributed by atoms with Gasteiger partial charge in [-0.05, 0) is 55.8 Å². The van der Waals surface area contributed by atoms with Gasteiger partial charge in [0.15, 0.2) is 0 Å². The molecule has 2 amide bonds. The molecular formula is C21H23N3O. The summed E-state index contributed by atoms with van der Waals surface area (Å²) in [6.07, 6.45) is 3.99. The van der Waals surface area contributed by atoms with Crippen LogP contribution in [0.1, 0.15) is 19.4 Å². The van der Waals surface area contributed by atoms with E-state index in [4.69, 9.17) is 0 Å². The van der Waals surface area contributed by atoms with Crippen LogP contribution in [0.5, 0.6) is 0 Å². The highest BCUT2D eigenvalue weighted by Crippen LogP contribution is 2.16. The predicted molar refractivity (Wildman–Crippen MR) is 102 cm³/mol. The van der Waals surface area contributed by atoms with E-state index in [0.717, 1.165) is 16.9 Å². The van der Waals surface area contributed by atoms with Crippen molar-refractivity contribution in [3.63, 3.8) is 0 Å². The molecule has 3 rings (SSSR count). The number of urea groups is 1. The van der Waals surface area contributed by atoms with Crippen LogP contribution in [0.25, 0.3) is 5.69 Å². The van der Waals surface area contributed by atoms with E-state index < -0.39 is 0 Å². The van der Waals surface area contributed by atoms with Gasteiger partial charge in [0, 0.05) is 36.4 Å². The second kappa shape index (κ2) is 7.71. The van der Waals surface area contributed by atoms with Crippen molar-refractivity contribution in [3.05, 3.63) is 84.7 Å². The number of nitrogens with zero attached hydrogens (tertiary/aromatic N) is 2. The molecule has 3 aromatic rings. The number of hydrogen-bond donors (Lipinski definition) is 1. The Morgan fingerprint density at radius 1 is 0.960 bits per heavy atom. The van der Waals surface area contributed by atoms with E-state index in [1.54, 1.807) is 0 Å². The summed E-state index contributed by atoms with van der Waals surface area (Å²) in [6, 6.07) is 21.9. The maximum absolute atomic E-state index is 12.7. The van der Waals surface area contributed by atoms with Crippen LogP contribution in [0.15, 0.2) is 79.1 Å². The summed E-state index contributed by atoms with van der Waals surface area (Å²) in [5.41, 5.74) is 2.97. The van der Waals surface area contributed by atoms with Crippen LogP contribution < -0.4 is 5.32 Å². The summed E-state index contributed by atoms with van der Waals surface area (Å²) in [7, 11) is 0. The van der Waals surface area contributed by atoms with Gasteiger partial charge >= 0.3 is 6.03 Å². The topological polar surface area (TPSA) is 37.3 Å². The summed E-state index contributed by atoms with van der Waals surface area (Å²) in [6.45, 7) is 4.64. The van der Waals surface area contributed by atoms with E-state index in [1.165, 1.54) is 0 Å². The number of benzene rings is 2. The molecule has 0 saturated carbocycles. The highest BCUT2D eigenvalue weighted by molar-refractivity contribution is 5.89. The molecule has 2 aromatic carbocycles. The molecule has 4 nitrogen and oxygen atoms in total. The molecule has 1 N–H and O–H groups in total. The van der Waals surface area contributed by atoms with Crippen molar-refractivity contribution < 1.29 is 4.79 Å². The number of carbonyl (C=O) groups excluding carboxylic acids is 1. The first-order valence-electron chi connectivity index (χ1n) is 8.48. The second-order valence-corrected chi connectivity index (χ2v) is 6.27. The Bertz CT molecular complexity index is 793. The van der Waals surface area contributed by atoms with Gasteiger partial charge in [-0.25, -0.2) is 4.79 Å². The molecule has 0 bridgehead atoms. The molecule has 1 heterocycles. The predicted octanol–water partition coefficient (Wildman–Crippen LogP) is 4.92. The average Bonchev–Trinajstić information content (AvgIpc) is 3.15. The van der Waals surface area contributed by atoms with E-state index in [1.807, 2.05) is 102 Å². The van der Waals surface area contributed by atoms with E-state index in [9.17, 15) is 4.79 Å². The first-order chi connectivity index (χ1) is 12.1. The monoisotopic (exact) mass is 333 g/mol. The average molecular weight is 333 g/mol. The zero-order valence-electron chi connectivity index (χ0n) is 14.6. The van der Waals surface area contributed by atoms with Crippen LogP contribution in [0.3, 0.4) is 0 Å². The number of hydrogen-bond acceptors (Lipinski definition) is 1. The largest absolute Gasteiger partial charge is 0.324 e. The van der Waals surface area contributed by atoms with Crippen molar-refractivity contribution in [1.29, 1.82) is 0 Å². The van der Waals surface area contributed by atoms with Gasteiger partial charge in [-0.2, -0.15) is 0 Å². The van der Waals surface area contributed by atoms with Gasteiger partial charge < -0.3 is 14.8 Å². The molecule has 0 fully saturated rings. The summed E-state index contributed by atoms with van der Waals surface area (Å²) in [5.74, 6) is 0. The molecule has 0 unspecified atom stereocenters. The molecule has 0 saturated heterocycles. The number of aromatic nitrogens is 1. The third-order valence-corrected chi connectivity index (χ3v) is 4.10. The van der Waals surface area contributed by atoms with Gasteiger partial charge in [0.1, 0.15) is 0 Å². The molecule has 0 atom stereocenters. The lowest BCUT2D eigenvalue weighted by atomic mass is 10.2. The first kappa shape index (κ1) is 16.8. The van der Waals surface area contributed by atoms with Crippen molar-refractivity contribution >= 4 is 11.7 Å². The van der Waals surface area contributed by atoms with Gasteiger partial charge in [-0.1, -0.05) is 30.3 Å². The minimum absolute atomic E-state index is 0.0902. The van der Waals surface area contributed by atoms with Crippen LogP contribution in [0.2, 0.25) is 0 Å². The molecule has 25 heavy (non-hydrogen) atoms. The normalized spacial score (nSPS) is 10.7. The minimum Gasteiger partial charge on any atom is -0.324 e. The van der Waals surface area contributed by atoms with Crippen molar-refractivity contribution in [1.82, 2.24) is 9.47 Å². The summed E-state index contributed by atoms with van der Waals surface area (Å²) in [4.78, 5) is 14.5. The van der Waals surface area contributed by atoms with E-state index in [0.29, 0.717) is 6.54 Å². The van der Waals surface area contributed by atoms with Crippen molar-refractivity contribution in [2.45, 2.75) is 26.4 Å². The molecule has 0 radical (unpaired) electrons. The first-order valence-corrected chi connectivity index (χ1v) is 8.48. The van der Waals surface area contributed by atoms with Crippen LogP contribution in [-0.2, 0) is 6.54 Å². The fourth-order valence-electron chi connectivity index (χ4n) is 2.69. The Kier molecular flexibility index (Phi) is 5.19. The highest BCUT2D eigenvalue weighted by atomic mass is 16.2. The van der Waals surface area contributed by atoms with Crippen LogP contribution in [0, 0.1) is 0 Å². The van der Waals surface area contributed by atoms with Crippen molar-refractivity contribution in [2.75, 3.05) is 5.32 Å². The SMILES string of the molecule is CC(C)N(Cc1ccccc1)C(=O)Nc1ccc(-n2cccc2)cc1. The maximum atomic E-state index is 12.7. The lowest BCUT2D eigenvalue weighted by Gasteiger charge is -2.27. The number of amides is 2. The highest BCUT2D eigenvalue weighted by Gasteiger charge is 2.17. The van der Waals surface area contributed by atoms with E-state index in [-0.39, 0.29) is 12.1 Å². The molecule has 0 aliphatic carbocycles. The molecule has 1 aromatic heterocycles. The third-order valence-electron chi connectivity index (χ3n) is 4.10. The fourth-order valence-corrected chi connectivity index (χ4v) is 2.69. The zero-order valence-corrected chi connectivity index (χ0v) is 14.6. The van der Waals surface area contributed by atoms with Crippen LogP contribution >= 0.6 is 0 Å². The minimum atomic E-state index is -0.0902. The number of rotatable bonds is 5. The molecule has 0 spiro atoms. The Morgan fingerprint density at radius 2 is 1.60 bits per heavy atom. The number of carbonyl (C=O) groups is 1. The summed E-state index contributed by atoms with van der Waals surface area (Å²) < 4.78 is 2.03. The van der Waals surface area contributed by atoms with Gasteiger partial charge in [0.2, 0.25) is 0 Å². The quantitative estimate of drug-likeness (QED) is 0.707. The Hall–Kier alpha value is -3.01. The maximum Gasteiger partial charge on any atom is 0.322 e. The Balaban J connectivity index is 1.68. The molecule has 0 aliphatic rings. The van der Waals surface area contributed by atoms with E-state index in [2.05, 4.69) is 5.32 Å². The second-order valence-electron chi connectivity index (χ2n) is 6.27. The number of anilines is 1. The summed E-state index contributed by atoms with van der Waals surface area (Å²) >= 11 is 0. The van der Waals surface area contributed by atoms with E-state index >= 15 is 0 Å². The standard InChI is InChI=1S/C21H23N3O/c1-17(2)24(16-18-8-4-3-5-9-18)21(25)22-19-10-12-20(13-11-19)23-14-6-7-15-23/h3-15,17H,16H2,1-2H3,(H,22,25). The van der Waals surface area contributed by atoms with Crippen LogP contribution in [0.4, 0.5) is 10.5 Å². The smallest absolute Gasteiger partial charge is 0.322 e. The molecule has 4 heteroatoms. The molecule has 128 valence electrons. The Labute approximate surface area is 148 Å². The lowest BCUT2D eigenvalue weighted by molar-refractivity contribution is 0.193. The molecule has 0 aliphatic heterocycles. The third kappa shape index (κ3) is 4.29. The van der Waals surface area contributed by atoms with Gasteiger partial charge in [-0.3, -0.25) is 0 Å². The zero-order chi connectivity index (χ0) is 17.6. The summed E-state index contributed by atoms with van der Waals surface area (Å²) in [5, 5.41) is 2.99. The van der Waals surface area contributed by atoms with Gasteiger partial charge in [0.25, 0.3) is 0 Å². The number of nitrogens with one attached hydrogen (secondary N) is 1. The van der Waals surface area contributed by atoms with Crippen molar-refractivity contribution in [3.8, 4) is 5.69 Å². The van der Waals surface area contributed by atoms with Gasteiger partial charge in [-0.15, -0.1) is 0 Å². The lowest BCUT2D eigenvalue weighted by Crippen LogP contribution is -2.39. The van der Waals surface area contributed by atoms with Gasteiger partial charge in [0.05, 0.1) is 0 Å². The Morgan fingerprint density at radius 3 is 2.20 bits per heavy atom. The molecular weight excluding hydrogens is 310 g/mol. The van der Waals surface area contributed by atoms with Crippen LogP contribution in [-0.4, -0.2) is 21.5 Å².